The molecule has 6 aromatic rings. The van der Waals surface area contributed by atoms with E-state index >= 15 is 0 Å². The van der Waals surface area contributed by atoms with Crippen LogP contribution in [0.4, 0.5) is 0 Å². The Kier molecular flexibility index (Phi) is 21.4. The Morgan fingerprint density at radius 2 is 0.582 bits per heavy atom. The molecule has 79 heavy (non-hydrogen) atoms. The normalized spacial score (nSPS) is 15.4. The molecule has 0 saturated heterocycles. The standard InChI is InChI=1S/C76H96Br2Si/c1-7-11-15-19-23-33-49-75(50-34-24-20-16-12-8-2)67-53-59(41-45-63(67)65-47-43-61(77)55-69(65)75)73-71(57-37-29-27-30-38-57)72(58-39-31-28-32-40-58)74(79(73,5)6)60-42-46-64-66-48-44-62(78)56-70(66)76(68(64)54-60,51-35-25-21-17-13-9-3)52-36-26-22-18-14-10-4/h27-32,37-48,53-56H,7-26,33-36,49-52H2,1-6H3. The summed E-state index contributed by atoms with van der Waals surface area (Å²) in [5.41, 5.74) is 20.6. The zero-order valence-corrected chi connectivity index (χ0v) is 53.9. The van der Waals surface area contributed by atoms with Crippen LogP contribution in [0.15, 0.2) is 142 Å². The van der Waals surface area contributed by atoms with Gasteiger partial charge in [0, 0.05) is 19.8 Å². The summed E-state index contributed by atoms with van der Waals surface area (Å²) < 4.78 is 2.42. The number of halogens is 2. The van der Waals surface area contributed by atoms with Gasteiger partial charge in [0.15, 0.2) is 0 Å². The lowest BCUT2D eigenvalue weighted by Gasteiger charge is -2.34. The minimum absolute atomic E-state index is 0.0183. The molecule has 3 aliphatic rings. The maximum Gasteiger partial charge on any atom is 0.115 e. The lowest BCUT2D eigenvalue weighted by molar-refractivity contribution is 0.397. The van der Waals surface area contributed by atoms with Gasteiger partial charge >= 0.3 is 0 Å². The Balaban J connectivity index is 1.22. The second-order valence-electron chi connectivity index (χ2n) is 25.0. The van der Waals surface area contributed by atoms with Crippen molar-refractivity contribution in [3.8, 4) is 22.3 Å². The molecule has 9 rings (SSSR count). The van der Waals surface area contributed by atoms with E-state index in [0.717, 1.165) is 0 Å². The van der Waals surface area contributed by atoms with Gasteiger partial charge in [-0.15, -0.1) is 0 Å². The van der Waals surface area contributed by atoms with Crippen LogP contribution in [0.1, 0.15) is 252 Å². The zero-order chi connectivity index (χ0) is 55.2. The van der Waals surface area contributed by atoms with Crippen LogP contribution in [0.5, 0.6) is 0 Å². The van der Waals surface area contributed by atoms with Crippen molar-refractivity contribution in [3.63, 3.8) is 0 Å². The zero-order valence-electron chi connectivity index (χ0n) is 49.8. The predicted octanol–water partition coefficient (Wildman–Crippen LogP) is 25.1. The third-order valence-electron chi connectivity index (χ3n) is 19.2. The first kappa shape index (κ1) is 59.6. The molecule has 0 nitrogen and oxygen atoms in total. The average molecular weight is 1200 g/mol. The van der Waals surface area contributed by atoms with Crippen LogP contribution < -0.4 is 0 Å². The van der Waals surface area contributed by atoms with Gasteiger partial charge in [-0.25, -0.2) is 0 Å². The number of rotatable bonds is 32. The fourth-order valence-electron chi connectivity index (χ4n) is 15.2. The minimum Gasteiger partial charge on any atom is -0.0654 e. The topological polar surface area (TPSA) is 0 Å². The maximum atomic E-state index is 4.03. The number of fused-ring (bicyclic) bond motifs is 6. The van der Waals surface area contributed by atoms with E-state index in [1.165, 1.54) is 244 Å². The number of hydrogen-bond acceptors (Lipinski definition) is 0. The van der Waals surface area contributed by atoms with Crippen molar-refractivity contribution in [2.24, 2.45) is 0 Å². The summed E-state index contributed by atoms with van der Waals surface area (Å²) in [6, 6.07) is 53.6. The summed E-state index contributed by atoms with van der Waals surface area (Å²) in [5.74, 6) is 0. The van der Waals surface area contributed by atoms with E-state index in [4.69, 9.17) is 0 Å². The van der Waals surface area contributed by atoms with Crippen molar-refractivity contribution < 1.29 is 0 Å². The van der Waals surface area contributed by atoms with Crippen molar-refractivity contribution in [1.29, 1.82) is 0 Å². The summed E-state index contributed by atoms with van der Waals surface area (Å²) in [6.45, 7) is 14.8. The lowest BCUT2D eigenvalue weighted by Crippen LogP contribution is -2.30. The van der Waals surface area contributed by atoms with Crippen LogP contribution in [0.25, 0.3) is 43.8 Å². The number of allylic oxidation sites excluding steroid dienone is 2. The first-order valence-corrected chi connectivity index (χ1v) is 36.7. The van der Waals surface area contributed by atoms with Gasteiger partial charge in [-0.3, -0.25) is 0 Å². The lowest BCUT2D eigenvalue weighted by atomic mass is 9.70. The van der Waals surface area contributed by atoms with Gasteiger partial charge in [0.05, 0.1) is 0 Å². The van der Waals surface area contributed by atoms with Gasteiger partial charge in [-0.1, -0.05) is 336 Å². The maximum absolute atomic E-state index is 4.03. The van der Waals surface area contributed by atoms with E-state index < -0.39 is 8.07 Å². The Labute approximate surface area is 498 Å². The number of benzene rings is 6. The Morgan fingerprint density at radius 3 is 0.899 bits per heavy atom. The molecule has 0 unspecified atom stereocenters. The molecule has 2 aliphatic carbocycles. The van der Waals surface area contributed by atoms with Gasteiger partial charge in [0.1, 0.15) is 8.07 Å². The minimum atomic E-state index is -2.54. The molecule has 0 atom stereocenters. The van der Waals surface area contributed by atoms with Crippen LogP contribution in [-0.4, -0.2) is 8.07 Å². The molecule has 0 amide bonds. The average Bonchev–Trinajstić information content (AvgIpc) is 3.35. The van der Waals surface area contributed by atoms with Gasteiger partial charge in [-0.2, -0.15) is 0 Å². The molecule has 0 bridgehead atoms. The summed E-state index contributed by atoms with van der Waals surface area (Å²) >= 11 is 8.06. The fourth-order valence-corrected chi connectivity index (χ4v) is 19.7. The third kappa shape index (κ3) is 13.0. The van der Waals surface area contributed by atoms with Crippen molar-refractivity contribution in [3.05, 3.63) is 187 Å². The molecule has 0 N–H and O–H groups in total. The second kappa shape index (κ2) is 28.3. The van der Waals surface area contributed by atoms with Crippen molar-refractivity contribution in [2.45, 2.75) is 231 Å². The number of hydrogen-bond donors (Lipinski definition) is 0. The van der Waals surface area contributed by atoms with Crippen LogP contribution in [0.3, 0.4) is 0 Å². The predicted molar refractivity (Wildman–Crippen MR) is 357 cm³/mol. The van der Waals surface area contributed by atoms with E-state index in [1.807, 2.05) is 0 Å². The van der Waals surface area contributed by atoms with Gasteiger partial charge < -0.3 is 0 Å². The molecule has 1 heterocycles. The van der Waals surface area contributed by atoms with E-state index in [0.29, 0.717) is 0 Å². The summed E-state index contributed by atoms with van der Waals surface area (Å²) in [4.78, 5) is 0. The van der Waals surface area contributed by atoms with E-state index in [9.17, 15) is 0 Å². The van der Waals surface area contributed by atoms with Crippen LogP contribution in [-0.2, 0) is 10.8 Å². The first-order chi connectivity index (χ1) is 38.6. The third-order valence-corrected chi connectivity index (χ3v) is 23.7. The molecule has 0 fully saturated rings. The number of unbranched alkanes of at least 4 members (excludes halogenated alkanes) is 20. The largest absolute Gasteiger partial charge is 0.115 e. The van der Waals surface area contributed by atoms with Gasteiger partial charge in [-0.05, 0) is 138 Å². The summed E-state index contributed by atoms with van der Waals surface area (Å²) in [5, 5.41) is 3.19. The van der Waals surface area contributed by atoms with Crippen LogP contribution in [0, 0.1) is 0 Å². The van der Waals surface area contributed by atoms with E-state index in [1.54, 1.807) is 32.6 Å². The highest BCUT2D eigenvalue weighted by atomic mass is 79.9. The Morgan fingerprint density at radius 1 is 0.304 bits per heavy atom. The van der Waals surface area contributed by atoms with E-state index in [-0.39, 0.29) is 10.8 Å². The van der Waals surface area contributed by atoms with E-state index in [2.05, 4.69) is 206 Å². The van der Waals surface area contributed by atoms with Gasteiger partial charge in [0.2, 0.25) is 0 Å². The van der Waals surface area contributed by atoms with Gasteiger partial charge in [0.25, 0.3) is 0 Å². The molecule has 0 aromatic heterocycles. The summed E-state index contributed by atoms with van der Waals surface area (Å²) in [6.07, 6.45) is 36.6. The quantitative estimate of drug-likeness (QED) is 0.0292. The molecule has 6 aromatic carbocycles. The molecular weight excluding hydrogens is 1100 g/mol. The second-order valence-corrected chi connectivity index (χ2v) is 31.1. The molecular formula is C76H96Br2Si. The monoisotopic (exact) mass is 1190 g/mol. The Bertz CT molecular complexity index is 2770. The highest BCUT2D eigenvalue weighted by Gasteiger charge is 2.48. The fraction of sp³-hybridized carbons (Fsp3) is 0.474. The Hall–Kier alpha value is -4.02. The van der Waals surface area contributed by atoms with Crippen molar-refractivity contribution >= 4 is 61.5 Å². The van der Waals surface area contributed by atoms with Crippen LogP contribution in [0.2, 0.25) is 13.1 Å². The smallest absolute Gasteiger partial charge is 0.0654 e. The molecule has 3 heteroatoms. The highest BCUT2D eigenvalue weighted by Crippen LogP contribution is 2.61. The highest BCUT2D eigenvalue weighted by molar-refractivity contribution is 9.10. The molecule has 0 saturated carbocycles. The SMILES string of the molecule is CCCCCCCCC1(CCCCCCCC)c2cc(Br)ccc2-c2ccc(C3=C(c4ccccc4)C(c4ccccc4)=C(c4ccc5c(c4)C(CCCCCCCC)(CCCCCCCC)c4cc(Br)ccc4-5)[Si]3(C)C)cc21. The molecule has 1 aliphatic heterocycles. The molecule has 418 valence electrons. The van der Waals surface area contributed by atoms with Crippen molar-refractivity contribution in [1.82, 2.24) is 0 Å². The first-order valence-electron chi connectivity index (χ1n) is 32.1. The van der Waals surface area contributed by atoms with Crippen LogP contribution >= 0.6 is 31.9 Å². The summed E-state index contributed by atoms with van der Waals surface area (Å²) in [7, 11) is -2.54. The van der Waals surface area contributed by atoms with Crippen molar-refractivity contribution in [2.75, 3.05) is 0 Å². The molecule has 0 radical (unpaired) electrons. The molecule has 0 spiro atoms.